The van der Waals surface area contributed by atoms with Gasteiger partial charge in [0.05, 0.1) is 0 Å². The minimum atomic E-state index is -0.941. The van der Waals surface area contributed by atoms with Gasteiger partial charge in [-0.2, -0.15) is 0 Å². The van der Waals surface area contributed by atoms with Crippen molar-refractivity contribution in [2.24, 2.45) is 0 Å². The molecule has 1 aromatic carbocycles. The van der Waals surface area contributed by atoms with E-state index < -0.39 is 29.8 Å². The van der Waals surface area contributed by atoms with Crippen LogP contribution >= 0.6 is 0 Å². The zero-order valence-electron chi connectivity index (χ0n) is 14.8. The number of alkyl carbamates (subject to hydrolysis) is 1. The van der Waals surface area contributed by atoms with Crippen LogP contribution in [0, 0.1) is 0 Å². The molecule has 0 spiro atoms. The summed E-state index contributed by atoms with van der Waals surface area (Å²) in [5, 5.41) is 2.52. The SMILES string of the molecule is CC(=O)C(C)OC(=O)C(Cc1ccccc1)NC(=O)OC(C)(C)C. The molecule has 24 heavy (non-hydrogen) atoms. The second-order valence-corrected chi connectivity index (χ2v) is 6.58. The second-order valence-electron chi connectivity index (χ2n) is 6.58. The summed E-state index contributed by atoms with van der Waals surface area (Å²) in [5.74, 6) is -0.938. The first-order valence-electron chi connectivity index (χ1n) is 7.83. The van der Waals surface area contributed by atoms with E-state index in [0.717, 1.165) is 5.56 Å². The van der Waals surface area contributed by atoms with Gasteiger partial charge in [0.15, 0.2) is 11.9 Å². The lowest BCUT2D eigenvalue weighted by molar-refractivity contribution is -0.155. The number of rotatable bonds is 6. The Hall–Kier alpha value is -2.37. The van der Waals surface area contributed by atoms with E-state index in [1.54, 1.807) is 20.8 Å². The molecule has 0 fully saturated rings. The van der Waals surface area contributed by atoms with Crippen molar-refractivity contribution >= 4 is 17.8 Å². The summed E-state index contributed by atoms with van der Waals surface area (Å²) in [7, 11) is 0. The summed E-state index contributed by atoms with van der Waals surface area (Å²) in [6, 6.07) is 8.27. The van der Waals surface area contributed by atoms with Gasteiger partial charge in [0.2, 0.25) is 0 Å². The maximum absolute atomic E-state index is 12.3. The number of ether oxygens (including phenoxy) is 2. The van der Waals surface area contributed by atoms with Gasteiger partial charge in [0.25, 0.3) is 0 Å². The number of benzene rings is 1. The van der Waals surface area contributed by atoms with E-state index in [1.165, 1.54) is 13.8 Å². The van der Waals surface area contributed by atoms with Crippen LogP contribution in [-0.4, -0.2) is 35.6 Å². The van der Waals surface area contributed by atoms with Gasteiger partial charge in [0, 0.05) is 6.42 Å². The molecule has 1 amide bonds. The second kappa shape index (κ2) is 8.47. The standard InChI is InChI=1S/C18H25NO5/c1-12(20)13(2)23-16(21)15(11-14-9-7-6-8-10-14)19-17(22)24-18(3,4)5/h6-10,13,15H,11H2,1-5H3,(H,19,22). The zero-order chi connectivity index (χ0) is 18.3. The molecule has 6 nitrogen and oxygen atoms in total. The smallest absolute Gasteiger partial charge is 0.408 e. The molecule has 1 N–H and O–H groups in total. The van der Waals surface area contributed by atoms with Crippen LogP contribution in [-0.2, 0) is 25.5 Å². The topological polar surface area (TPSA) is 81.7 Å². The van der Waals surface area contributed by atoms with Gasteiger partial charge in [-0.3, -0.25) is 4.79 Å². The molecule has 2 atom stereocenters. The highest BCUT2D eigenvalue weighted by Crippen LogP contribution is 2.10. The van der Waals surface area contributed by atoms with E-state index in [1.807, 2.05) is 30.3 Å². The van der Waals surface area contributed by atoms with Crippen molar-refractivity contribution in [3.05, 3.63) is 35.9 Å². The fourth-order valence-corrected chi connectivity index (χ4v) is 1.83. The minimum Gasteiger partial charge on any atom is -0.453 e. The third kappa shape index (κ3) is 7.26. The van der Waals surface area contributed by atoms with Crippen LogP contribution in [0.15, 0.2) is 30.3 Å². The molecule has 0 aliphatic heterocycles. The van der Waals surface area contributed by atoms with Gasteiger partial charge >= 0.3 is 12.1 Å². The monoisotopic (exact) mass is 335 g/mol. The largest absolute Gasteiger partial charge is 0.453 e. The van der Waals surface area contributed by atoms with E-state index in [9.17, 15) is 14.4 Å². The molecule has 1 aromatic rings. The number of amides is 1. The lowest BCUT2D eigenvalue weighted by Crippen LogP contribution is -2.46. The fraction of sp³-hybridized carbons (Fsp3) is 0.500. The number of nitrogens with one attached hydrogen (secondary N) is 1. The zero-order valence-corrected chi connectivity index (χ0v) is 14.8. The number of hydrogen-bond acceptors (Lipinski definition) is 5. The molecule has 0 aliphatic carbocycles. The first-order chi connectivity index (χ1) is 11.1. The predicted octanol–water partition coefficient (Wildman–Crippen LogP) is 2.64. The first kappa shape index (κ1) is 19.7. The Bertz CT molecular complexity index is 577. The summed E-state index contributed by atoms with van der Waals surface area (Å²) in [4.78, 5) is 35.6. The molecule has 0 saturated carbocycles. The maximum atomic E-state index is 12.3. The fourth-order valence-electron chi connectivity index (χ4n) is 1.83. The van der Waals surface area contributed by atoms with Crippen molar-refractivity contribution < 1.29 is 23.9 Å². The Morgan fingerprint density at radius 1 is 1.12 bits per heavy atom. The molecular weight excluding hydrogens is 310 g/mol. The van der Waals surface area contributed by atoms with Gasteiger partial charge in [-0.25, -0.2) is 9.59 Å². The van der Waals surface area contributed by atoms with E-state index in [2.05, 4.69) is 5.32 Å². The number of carbonyl (C=O) groups excluding carboxylic acids is 3. The molecule has 0 aliphatic rings. The van der Waals surface area contributed by atoms with Crippen LogP contribution in [0.4, 0.5) is 4.79 Å². The van der Waals surface area contributed by atoms with Crippen molar-refractivity contribution in [3.63, 3.8) is 0 Å². The predicted molar refractivity (Wildman–Crippen MR) is 89.5 cm³/mol. The quantitative estimate of drug-likeness (QED) is 0.808. The maximum Gasteiger partial charge on any atom is 0.408 e. The first-order valence-corrected chi connectivity index (χ1v) is 7.83. The van der Waals surface area contributed by atoms with Crippen LogP contribution in [0.1, 0.15) is 40.2 Å². The van der Waals surface area contributed by atoms with Crippen molar-refractivity contribution in [2.75, 3.05) is 0 Å². The van der Waals surface area contributed by atoms with Crippen LogP contribution in [0.5, 0.6) is 0 Å². The van der Waals surface area contributed by atoms with Gasteiger partial charge < -0.3 is 14.8 Å². The van der Waals surface area contributed by atoms with Crippen molar-refractivity contribution in [2.45, 2.75) is 58.8 Å². The van der Waals surface area contributed by atoms with E-state index in [-0.39, 0.29) is 12.2 Å². The van der Waals surface area contributed by atoms with E-state index in [4.69, 9.17) is 9.47 Å². The number of carbonyl (C=O) groups is 3. The highest BCUT2D eigenvalue weighted by molar-refractivity contribution is 5.86. The molecule has 1 rings (SSSR count). The van der Waals surface area contributed by atoms with Gasteiger partial charge in [-0.05, 0) is 40.2 Å². The normalized spacial score (nSPS) is 13.5. The average molecular weight is 335 g/mol. The van der Waals surface area contributed by atoms with E-state index in [0.29, 0.717) is 0 Å². The lowest BCUT2D eigenvalue weighted by Gasteiger charge is -2.23. The van der Waals surface area contributed by atoms with Crippen molar-refractivity contribution in [1.29, 1.82) is 0 Å². The Balaban J connectivity index is 2.84. The third-order valence-corrected chi connectivity index (χ3v) is 3.12. The molecule has 6 heteroatoms. The molecule has 0 radical (unpaired) electrons. The van der Waals surface area contributed by atoms with Crippen molar-refractivity contribution in [3.8, 4) is 0 Å². The van der Waals surface area contributed by atoms with Gasteiger partial charge in [-0.1, -0.05) is 30.3 Å². The molecule has 132 valence electrons. The highest BCUT2D eigenvalue weighted by atomic mass is 16.6. The Kier molecular flexibility index (Phi) is 6.95. The van der Waals surface area contributed by atoms with Crippen molar-refractivity contribution in [1.82, 2.24) is 5.32 Å². The molecule has 0 bridgehead atoms. The summed E-state index contributed by atoms with van der Waals surface area (Å²) in [6.07, 6.45) is -1.34. The average Bonchev–Trinajstić information content (AvgIpc) is 2.45. The van der Waals surface area contributed by atoms with E-state index >= 15 is 0 Å². The summed E-state index contributed by atoms with van der Waals surface area (Å²) >= 11 is 0. The number of esters is 1. The van der Waals surface area contributed by atoms with Gasteiger partial charge in [0.1, 0.15) is 11.6 Å². The van der Waals surface area contributed by atoms with Gasteiger partial charge in [-0.15, -0.1) is 0 Å². The molecular formula is C18H25NO5. The van der Waals surface area contributed by atoms with Crippen LogP contribution in [0.3, 0.4) is 0 Å². The van der Waals surface area contributed by atoms with Crippen LogP contribution < -0.4 is 5.32 Å². The highest BCUT2D eigenvalue weighted by Gasteiger charge is 2.27. The molecule has 0 aromatic heterocycles. The Morgan fingerprint density at radius 2 is 1.71 bits per heavy atom. The molecule has 0 saturated heterocycles. The Labute approximate surface area is 142 Å². The lowest BCUT2D eigenvalue weighted by atomic mass is 10.1. The molecule has 2 unspecified atom stereocenters. The third-order valence-electron chi connectivity index (χ3n) is 3.12. The summed E-state index contributed by atoms with van der Waals surface area (Å²) in [6.45, 7) is 8.03. The minimum absolute atomic E-state index is 0.240. The number of hydrogen-bond donors (Lipinski definition) is 1. The summed E-state index contributed by atoms with van der Waals surface area (Å²) in [5.41, 5.74) is 0.170. The van der Waals surface area contributed by atoms with Crippen LogP contribution in [0.25, 0.3) is 0 Å². The summed E-state index contributed by atoms with van der Waals surface area (Å²) < 4.78 is 10.3. The Morgan fingerprint density at radius 3 is 2.21 bits per heavy atom. The number of Topliss-reactive ketones (excluding diaryl/α,β-unsaturated/α-hetero) is 1. The molecule has 0 heterocycles. The number of ketones is 1. The van der Waals surface area contributed by atoms with Crippen LogP contribution in [0.2, 0.25) is 0 Å².